The lowest BCUT2D eigenvalue weighted by atomic mass is 10.1. The number of imidazole rings is 1. The number of hydrogen-bond donors (Lipinski definition) is 0. The number of rotatable bonds is 5. The van der Waals surface area contributed by atoms with Crippen molar-refractivity contribution in [2.45, 2.75) is 19.3 Å². The summed E-state index contributed by atoms with van der Waals surface area (Å²) in [6.45, 7) is 0.625. The second-order valence-corrected chi connectivity index (χ2v) is 7.60. The normalized spacial score (nSPS) is 11.8. The molecule has 4 aromatic carbocycles. The molecule has 3 nitrogen and oxygen atoms in total. The van der Waals surface area contributed by atoms with Gasteiger partial charge >= 0.3 is 6.18 Å². The number of halogens is 3. The number of aromatic nitrogens is 2. The summed E-state index contributed by atoms with van der Waals surface area (Å²) in [5, 5.41) is 2.16. The smallest absolute Gasteiger partial charge is 0.416 e. The lowest BCUT2D eigenvalue weighted by Gasteiger charge is -2.12. The van der Waals surface area contributed by atoms with Crippen molar-refractivity contribution in [3.05, 3.63) is 108 Å². The molecule has 1 heterocycles. The molecule has 0 bridgehead atoms. The third-order valence-electron chi connectivity index (χ3n) is 5.43. The predicted octanol–water partition coefficient (Wildman–Crippen LogP) is 6.84. The first-order valence-corrected chi connectivity index (χ1v) is 10.2. The van der Waals surface area contributed by atoms with Crippen LogP contribution in [0.2, 0.25) is 0 Å². The van der Waals surface area contributed by atoms with Crippen LogP contribution in [0.15, 0.2) is 91.0 Å². The van der Waals surface area contributed by atoms with Gasteiger partial charge in [-0.2, -0.15) is 13.2 Å². The summed E-state index contributed by atoms with van der Waals surface area (Å²) < 4.78 is 47.5. The fourth-order valence-electron chi connectivity index (χ4n) is 3.81. The fourth-order valence-corrected chi connectivity index (χ4v) is 3.81. The van der Waals surface area contributed by atoms with Gasteiger partial charge in [0.2, 0.25) is 0 Å². The van der Waals surface area contributed by atoms with Gasteiger partial charge in [-0.05, 0) is 46.7 Å². The van der Waals surface area contributed by atoms with Crippen molar-refractivity contribution in [1.29, 1.82) is 0 Å². The molecule has 5 rings (SSSR count). The van der Waals surface area contributed by atoms with Gasteiger partial charge in [0.1, 0.15) is 18.2 Å². The van der Waals surface area contributed by atoms with E-state index < -0.39 is 11.7 Å². The maximum atomic E-state index is 13.2. The molecular weight excluding hydrogens is 413 g/mol. The third-order valence-corrected chi connectivity index (χ3v) is 5.43. The molecule has 0 saturated carbocycles. The van der Waals surface area contributed by atoms with Crippen molar-refractivity contribution >= 4 is 21.8 Å². The largest absolute Gasteiger partial charge is 0.486 e. The molecule has 0 fully saturated rings. The van der Waals surface area contributed by atoms with Crippen molar-refractivity contribution in [3.8, 4) is 5.75 Å². The number of ether oxygens (including phenoxy) is 1. The average molecular weight is 432 g/mol. The van der Waals surface area contributed by atoms with Crippen LogP contribution in [0.25, 0.3) is 21.8 Å². The second kappa shape index (κ2) is 8.04. The summed E-state index contributed by atoms with van der Waals surface area (Å²) in [6.07, 6.45) is -4.42. The van der Waals surface area contributed by atoms with Crippen LogP contribution in [0.3, 0.4) is 0 Å². The average Bonchev–Trinajstić information content (AvgIpc) is 3.14. The minimum Gasteiger partial charge on any atom is -0.486 e. The van der Waals surface area contributed by atoms with Crippen LogP contribution in [0, 0.1) is 0 Å². The molecule has 0 spiro atoms. The van der Waals surface area contributed by atoms with Crippen molar-refractivity contribution < 1.29 is 17.9 Å². The van der Waals surface area contributed by atoms with E-state index in [9.17, 15) is 13.2 Å². The van der Waals surface area contributed by atoms with E-state index in [0.29, 0.717) is 29.2 Å². The number of benzene rings is 4. The number of fused-ring (bicyclic) bond motifs is 2. The maximum Gasteiger partial charge on any atom is 0.416 e. The summed E-state index contributed by atoms with van der Waals surface area (Å²) in [6, 6.07) is 27.2. The van der Waals surface area contributed by atoms with Crippen molar-refractivity contribution in [1.82, 2.24) is 9.55 Å². The summed E-state index contributed by atoms with van der Waals surface area (Å²) in [5.41, 5.74) is 1.25. The first-order chi connectivity index (χ1) is 15.5. The summed E-state index contributed by atoms with van der Waals surface area (Å²) in [7, 11) is 0. The lowest BCUT2D eigenvalue weighted by molar-refractivity contribution is -0.137. The lowest BCUT2D eigenvalue weighted by Crippen LogP contribution is -2.08. The first kappa shape index (κ1) is 20.1. The van der Waals surface area contributed by atoms with Crippen LogP contribution in [-0.2, 0) is 19.3 Å². The van der Waals surface area contributed by atoms with Crippen LogP contribution < -0.4 is 4.74 Å². The fraction of sp³-hybridized carbons (Fsp3) is 0.115. The molecule has 0 radical (unpaired) electrons. The molecule has 0 unspecified atom stereocenters. The molecular formula is C26H19F3N2O. The second-order valence-electron chi connectivity index (χ2n) is 7.60. The van der Waals surface area contributed by atoms with Crippen LogP contribution in [-0.4, -0.2) is 9.55 Å². The monoisotopic (exact) mass is 432 g/mol. The van der Waals surface area contributed by atoms with Crippen LogP contribution in [0.5, 0.6) is 5.75 Å². The van der Waals surface area contributed by atoms with Gasteiger partial charge in [-0.15, -0.1) is 0 Å². The van der Waals surface area contributed by atoms with E-state index in [-0.39, 0.29) is 6.61 Å². The van der Waals surface area contributed by atoms with E-state index >= 15 is 0 Å². The zero-order valence-corrected chi connectivity index (χ0v) is 17.0. The van der Waals surface area contributed by atoms with Crippen LogP contribution in [0.4, 0.5) is 13.2 Å². The van der Waals surface area contributed by atoms with E-state index in [0.717, 1.165) is 28.5 Å². The van der Waals surface area contributed by atoms with E-state index in [1.165, 1.54) is 6.07 Å². The Labute approximate surface area is 182 Å². The number of alkyl halides is 3. The molecule has 0 aliphatic rings. The van der Waals surface area contributed by atoms with Gasteiger partial charge in [-0.1, -0.05) is 60.7 Å². The molecule has 1 aromatic heterocycles. The first-order valence-electron chi connectivity index (χ1n) is 10.2. The Bertz CT molecular complexity index is 1390. The zero-order valence-electron chi connectivity index (χ0n) is 17.0. The standard InChI is InChI=1S/C26H19F3N2O/c27-26(28,29)21-11-13-24-23(15-21)30-25(31(24)16-18-6-2-1-3-7-18)17-32-22-12-10-19-8-4-5-9-20(19)14-22/h1-15H,16-17H2. The van der Waals surface area contributed by atoms with E-state index in [1.807, 2.05) is 77.4 Å². The van der Waals surface area contributed by atoms with Gasteiger partial charge in [0.15, 0.2) is 0 Å². The summed E-state index contributed by atoms with van der Waals surface area (Å²) in [5.74, 6) is 1.24. The Morgan fingerprint density at radius 3 is 2.31 bits per heavy atom. The minimum absolute atomic E-state index is 0.140. The topological polar surface area (TPSA) is 27.1 Å². The van der Waals surface area contributed by atoms with Gasteiger partial charge in [0.25, 0.3) is 0 Å². The molecule has 0 aliphatic heterocycles. The van der Waals surface area contributed by atoms with Gasteiger partial charge in [-0.3, -0.25) is 0 Å². The molecule has 160 valence electrons. The molecule has 0 aliphatic carbocycles. The Morgan fingerprint density at radius 2 is 1.53 bits per heavy atom. The Morgan fingerprint density at radius 1 is 0.781 bits per heavy atom. The third kappa shape index (κ3) is 4.04. The highest BCUT2D eigenvalue weighted by atomic mass is 19.4. The van der Waals surface area contributed by atoms with Gasteiger partial charge in [-0.25, -0.2) is 4.98 Å². The molecule has 0 saturated heterocycles. The van der Waals surface area contributed by atoms with Crippen molar-refractivity contribution in [2.75, 3.05) is 0 Å². The maximum absolute atomic E-state index is 13.2. The highest BCUT2D eigenvalue weighted by molar-refractivity contribution is 5.83. The summed E-state index contributed by atoms with van der Waals surface area (Å²) >= 11 is 0. The number of hydrogen-bond acceptors (Lipinski definition) is 2. The van der Waals surface area contributed by atoms with Crippen molar-refractivity contribution in [2.24, 2.45) is 0 Å². The van der Waals surface area contributed by atoms with Gasteiger partial charge in [0, 0.05) is 6.54 Å². The van der Waals surface area contributed by atoms with Crippen molar-refractivity contribution in [3.63, 3.8) is 0 Å². The van der Waals surface area contributed by atoms with E-state index in [1.54, 1.807) is 0 Å². The van der Waals surface area contributed by atoms with Crippen LogP contribution >= 0.6 is 0 Å². The minimum atomic E-state index is -4.42. The Balaban J connectivity index is 1.51. The highest BCUT2D eigenvalue weighted by Gasteiger charge is 2.31. The highest BCUT2D eigenvalue weighted by Crippen LogP contribution is 2.32. The Kier molecular flexibility index (Phi) is 5.05. The van der Waals surface area contributed by atoms with E-state index in [2.05, 4.69) is 4.98 Å². The molecule has 0 N–H and O–H groups in total. The SMILES string of the molecule is FC(F)(F)c1ccc2c(c1)nc(COc1ccc3ccccc3c1)n2Cc1ccccc1. The molecule has 0 amide bonds. The molecule has 0 atom stereocenters. The molecule has 6 heteroatoms. The molecule has 32 heavy (non-hydrogen) atoms. The van der Waals surface area contributed by atoms with Gasteiger partial charge < -0.3 is 9.30 Å². The summed E-state index contributed by atoms with van der Waals surface area (Å²) in [4.78, 5) is 4.50. The number of nitrogens with zero attached hydrogens (tertiary/aromatic N) is 2. The Hall–Kier alpha value is -3.80. The van der Waals surface area contributed by atoms with Gasteiger partial charge in [0.05, 0.1) is 16.6 Å². The van der Waals surface area contributed by atoms with E-state index in [4.69, 9.17) is 4.74 Å². The van der Waals surface area contributed by atoms with Crippen LogP contribution in [0.1, 0.15) is 17.0 Å². The quantitative estimate of drug-likeness (QED) is 0.304. The zero-order chi connectivity index (χ0) is 22.1. The predicted molar refractivity (Wildman–Crippen MR) is 119 cm³/mol. The molecule has 5 aromatic rings.